The highest BCUT2D eigenvalue weighted by molar-refractivity contribution is 7.99. The topological polar surface area (TPSA) is 0 Å². The maximum absolute atomic E-state index is 2.29. The van der Waals surface area contributed by atoms with Crippen molar-refractivity contribution in [3.05, 3.63) is 102 Å². The fourth-order valence-corrected chi connectivity index (χ4v) is 4.68. The Hall–Kier alpha value is -1.99. The average Bonchev–Trinajstić information content (AvgIpc) is 2.62. The average molecular weight is 302 g/mol. The third-order valence-electron chi connectivity index (χ3n) is 4.39. The number of benzene rings is 3. The van der Waals surface area contributed by atoms with Crippen LogP contribution in [0, 0.1) is 0 Å². The van der Waals surface area contributed by atoms with Gasteiger partial charge in [-0.1, -0.05) is 78.9 Å². The molecule has 3 aromatic carbocycles. The van der Waals surface area contributed by atoms with Crippen molar-refractivity contribution < 1.29 is 0 Å². The van der Waals surface area contributed by atoms with E-state index in [1.807, 2.05) is 11.8 Å². The molecule has 3 aromatic rings. The van der Waals surface area contributed by atoms with E-state index >= 15 is 0 Å². The van der Waals surface area contributed by atoms with Crippen molar-refractivity contribution in [3.8, 4) is 0 Å². The molecule has 1 heterocycles. The van der Waals surface area contributed by atoms with Crippen LogP contribution >= 0.6 is 11.8 Å². The van der Waals surface area contributed by atoms with Crippen LogP contribution in [-0.2, 0) is 0 Å². The van der Waals surface area contributed by atoms with Gasteiger partial charge in [0, 0.05) is 16.1 Å². The zero-order valence-corrected chi connectivity index (χ0v) is 13.2. The van der Waals surface area contributed by atoms with Crippen LogP contribution in [-0.4, -0.2) is 0 Å². The molecule has 0 aliphatic carbocycles. The maximum atomic E-state index is 2.29. The van der Waals surface area contributed by atoms with E-state index in [4.69, 9.17) is 0 Å². The summed E-state index contributed by atoms with van der Waals surface area (Å²) in [4.78, 5) is 1.43. The first-order chi connectivity index (χ1) is 10.9. The van der Waals surface area contributed by atoms with Gasteiger partial charge in [0.2, 0.25) is 0 Å². The molecule has 0 spiro atoms. The van der Waals surface area contributed by atoms with Crippen LogP contribution in [0.4, 0.5) is 0 Å². The van der Waals surface area contributed by atoms with E-state index in [-0.39, 0.29) is 0 Å². The normalized spacial score (nSPS) is 20.4. The Labute approximate surface area is 136 Å². The molecule has 1 aliphatic rings. The summed E-state index contributed by atoms with van der Waals surface area (Å²) < 4.78 is 0. The SMILES string of the molecule is c1ccc([C@@H]2C[C@@H](c3ccccc3)Sc3ccccc32)cc1. The van der Waals surface area contributed by atoms with Crippen molar-refractivity contribution in [2.45, 2.75) is 22.5 Å². The molecule has 0 bridgehead atoms. The van der Waals surface area contributed by atoms with Crippen LogP contribution in [0.25, 0.3) is 0 Å². The van der Waals surface area contributed by atoms with E-state index in [1.54, 1.807) is 0 Å². The van der Waals surface area contributed by atoms with E-state index in [0.717, 1.165) is 6.42 Å². The number of fused-ring (bicyclic) bond motifs is 1. The molecule has 0 fully saturated rings. The highest BCUT2D eigenvalue weighted by Gasteiger charge is 2.29. The van der Waals surface area contributed by atoms with Crippen molar-refractivity contribution >= 4 is 11.8 Å². The van der Waals surface area contributed by atoms with Gasteiger partial charge >= 0.3 is 0 Å². The molecule has 4 rings (SSSR count). The van der Waals surface area contributed by atoms with E-state index < -0.39 is 0 Å². The number of thioether (sulfide) groups is 1. The lowest BCUT2D eigenvalue weighted by Gasteiger charge is -2.31. The Bertz CT molecular complexity index is 749. The smallest absolute Gasteiger partial charge is 0.0353 e. The van der Waals surface area contributed by atoms with Gasteiger partial charge in [-0.2, -0.15) is 0 Å². The van der Waals surface area contributed by atoms with Crippen LogP contribution < -0.4 is 0 Å². The summed E-state index contributed by atoms with van der Waals surface area (Å²) in [6.45, 7) is 0. The quantitative estimate of drug-likeness (QED) is 0.555. The summed E-state index contributed by atoms with van der Waals surface area (Å²) in [5.41, 5.74) is 4.34. The van der Waals surface area contributed by atoms with Crippen LogP contribution in [0.2, 0.25) is 0 Å². The van der Waals surface area contributed by atoms with Gasteiger partial charge in [0.05, 0.1) is 0 Å². The molecule has 0 saturated carbocycles. The van der Waals surface area contributed by atoms with Gasteiger partial charge in [-0.25, -0.2) is 0 Å². The third-order valence-corrected chi connectivity index (χ3v) is 5.76. The summed E-state index contributed by atoms with van der Waals surface area (Å²) in [6, 6.07) is 30.7. The fraction of sp³-hybridized carbons (Fsp3) is 0.143. The summed E-state index contributed by atoms with van der Waals surface area (Å²) in [5, 5.41) is 0.529. The Morgan fingerprint density at radius 2 is 1.23 bits per heavy atom. The second-order valence-electron chi connectivity index (χ2n) is 5.75. The Morgan fingerprint density at radius 3 is 1.95 bits per heavy atom. The molecule has 1 aliphatic heterocycles. The monoisotopic (exact) mass is 302 g/mol. The molecule has 0 unspecified atom stereocenters. The lowest BCUT2D eigenvalue weighted by atomic mass is 9.85. The zero-order valence-electron chi connectivity index (χ0n) is 12.4. The van der Waals surface area contributed by atoms with Gasteiger partial charge in [0.1, 0.15) is 0 Å². The Morgan fingerprint density at radius 1 is 0.636 bits per heavy atom. The second-order valence-corrected chi connectivity index (χ2v) is 7.00. The molecule has 0 saturated heterocycles. The highest BCUT2D eigenvalue weighted by atomic mass is 32.2. The summed E-state index contributed by atoms with van der Waals surface area (Å²) in [7, 11) is 0. The highest BCUT2D eigenvalue weighted by Crippen LogP contribution is 2.51. The molecule has 0 nitrogen and oxygen atoms in total. The lowest BCUT2D eigenvalue weighted by Crippen LogP contribution is -2.12. The minimum atomic E-state index is 0.490. The van der Waals surface area contributed by atoms with Crippen LogP contribution in [0.5, 0.6) is 0 Å². The van der Waals surface area contributed by atoms with Crippen molar-refractivity contribution in [3.63, 3.8) is 0 Å². The number of hydrogen-bond donors (Lipinski definition) is 0. The van der Waals surface area contributed by atoms with E-state index in [1.165, 1.54) is 21.6 Å². The standard InChI is InChI=1S/C21H18S/c1-3-9-16(10-4-1)19-15-21(17-11-5-2-6-12-17)22-20-14-8-7-13-18(19)20/h1-14,19,21H,15H2/t19-,21-/m0/s1. The minimum Gasteiger partial charge on any atom is -0.118 e. The van der Waals surface area contributed by atoms with E-state index in [0.29, 0.717) is 11.2 Å². The molecule has 108 valence electrons. The van der Waals surface area contributed by atoms with E-state index in [9.17, 15) is 0 Å². The van der Waals surface area contributed by atoms with Crippen molar-refractivity contribution in [2.24, 2.45) is 0 Å². The molecule has 1 heteroatoms. The summed E-state index contributed by atoms with van der Waals surface area (Å²) in [6.07, 6.45) is 1.16. The van der Waals surface area contributed by atoms with Crippen molar-refractivity contribution in [1.29, 1.82) is 0 Å². The fourth-order valence-electron chi connectivity index (χ4n) is 3.29. The number of hydrogen-bond acceptors (Lipinski definition) is 1. The van der Waals surface area contributed by atoms with Crippen molar-refractivity contribution in [2.75, 3.05) is 0 Å². The van der Waals surface area contributed by atoms with Crippen molar-refractivity contribution in [1.82, 2.24) is 0 Å². The largest absolute Gasteiger partial charge is 0.118 e. The third kappa shape index (κ3) is 2.57. The summed E-state index contributed by atoms with van der Waals surface area (Å²) in [5.74, 6) is 0.490. The lowest BCUT2D eigenvalue weighted by molar-refractivity contribution is 0.677. The molecule has 0 aromatic heterocycles. The Kier molecular flexibility index (Phi) is 3.74. The Balaban J connectivity index is 1.77. The number of rotatable bonds is 2. The molecule has 0 radical (unpaired) electrons. The second kappa shape index (κ2) is 6.02. The van der Waals surface area contributed by atoms with E-state index in [2.05, 4.69) is 84.9 Å². The first-order valence-corrected chi connectivity index (χ1v) is 8.65. The molecular formula is C21H18S. The molecule has 22 heavy (non-hydrogen) atoms. The summed E-state index contributed by atoms with van der Waals surface area (Å²) >= 11 is 2.01. The first-order valence-electron chi connectivity index (χ1n) is 7.77. The van der Waals surface area contributed by atoms with Gasteiger partial charge in [-0.15, -0.1) is 11.8 Å². The first kappa shape index (κ1) is 13.7. The zero-order chi connectivity index (χ0) is 14.8. The van der Waals surface area contributed by atoms with Gasteiger partial charge in [-0.05, 0) is 29.2 Å². The minimum absolute atomic E-state index is 0.490. The van der Waals surface area contributed by atoms with Gasteiger partial charge in [-0.3, -0.25) is 0 Å². The molecule has 0 amide bonds. The van der Waals surface area contributed by atoms with Gasteiger partial charge < -0.3 is 0 Å². The maximum Gasteiger partial charge on any atom is 0.0353 e. The van der Waals surface area contributed by atoms with Gasteiger partial charge in [0.25, 0.3) is 0 Å². The van der Waals surface area contributed by atoms with Crippen LogP contribution in [0.1, 0.15) is 34.3 Å². The van der Waals surface area contributed by atoms with Gasteiger partial charge in [0.15, 0.2) is 0 Å². The molecule has 0 N–H and O–H groups in total. The predicted octanol–water partition coefficient (Wildman–Crippen LogP) is 6.06. The molecular weight excluding hydrogens is 284 g/mol. The van der Waals surface area contributed by atoms with Crippen LogP contribution in [0.3, 0.4) is 0 Å². The predicted molar refractivity (Wildman–Crippen MR) is 94.4 cm³/mol. The van der Waals surface area contributed by atoms with Crippen LogP contribution in [0.15, 0.2) is 89.8 Å². The molecule has 2 atom stereocenters.